The second kappa shape index (κ2) is 9.59. The van der Waals surface area contributed by atoms with Crippen LogP contribution in [-0.4, -0.2) is 43.8 Å². The summed E-state index contributed by atoms with van der Waals surface area (Å²) in [7, 11) is -3.73. The van der Waals surface area contributed by atoms with Crippen LogP contribution in [0.15, 0.2) is 53.4 Å². The minimum Gasteiger partial charge on any atom is -0.449 e. The summed E-state index contributed by atoms with van der Waals surface area (Å²) in [6, 6.07) is 12.7. The molecular formula is C21H23ClN2O5S. The van der Waals surface area contributed by atoms with Crippen molar-refractivity contribution in [2.75, 3.05) is 18.4 Å². The summed E-state index contributed by atoms with van der Waals surface area (Å²) in [6.07, 6.45) is 1.50. The lowest BCUT2D eigenvalue weighted by Gasteiger charge is -2.26. The van der Waals surface area contributed by atoms with Crippen LogP contribution in [0.4, 0.5) is 5.69 Å². The third-order valence-corrected chi connectivity index (χ3v) is 7.03. The molecule has 0 aromatic heterocycles. The van der Waals surface area contributed by atoms with Gasteiger partial charge in [0.1, 0.15) is 0 Å². The zero-order valence-corrected chi connectivity index (χ0v) is 18.1. The van der Waals surface area contributed by atoms with Gasteiger partial charge >= 0.3 is 5.97 Å². The maximum absolute atomic E-state index is 12.9. The number of hydrogen-bond donors (Lipinski definition) is 1. The van der Waals surface area contributed by atoms with E-state index in [0.29, 0.717) is 18.8 Å². The van der Waals surface area contributed by atoms with E-state index in [4.69, 9.17) is 16.3 Å². The Bertz CT molecular complexity index is 1020. The van der Waals surface area contributed by atoms with Crippen molar-refractivity contribution < 1.29 is 22.7 Å². The van der Waals surface area contributed by atoms with Crippen molar-refractivity contribution in [3.05, 3.63) is 59.1 Å². The van der Waals surface area contributed by atoms with E-state index in [9.17, 15) is 18.0 Å². The van der Waals surface area contributed by atoms with Gasteiger partial charge in [-0.05, 0) is 50.1 Å². The Morgan fingerprint density at radius 1 is 1.07 bits per heavy atom. The zero-order valence-electron chi connectivity index (χ0n) is 16.5. The highest BCUT2D eigenvalue weighted by atomic mass is 35.5. The van der Waals surface area contributed by atoms with Crippen LogP contribution in [-0.2, 0) is 19.6 Å². The lowest BCUT2D eigenvalue weighted by Crippen LogP contribution is -2.35. The standard InChI is InChI=1S/C21H23ClN2O5S/c1-15(20(25)23-16-8-4-2-5-9-16)29-21(26)18-14-17(10-11-19(18)22)30(27,28)24-12-6-3-7-13-24/h2,4-5,8-11,14-15H,3,6-7,12-13H2,1H3,(H,23,25)/t15-/m0/s1. The van der Waals surface area contributed by atoms with E-state index in [0.717, 1.165) is 19.3 Å². The van der Waals surface area contributed by atoms with Crippen molar-refractivity contribution in [1.29, 1.82) is 0 Å². The molecule has 1 aliphatic rings. The average Bonchev–Trinajstić information content (AvgIpc) is 2.75. The number of amides is 1. The van der Waals surface area contributed by atoms with Crippen LogP contribution in [0.25, 0.3) is 0 Å². The minimum atomic E-state index is -3.73. The van der Waals surface area contributed by atoms with Gasteiger partial charge in [0.2, 0.25) is 10.0 Å². The Labute approximate surface area is 181 Å². The van der Waals surface area contributed by atoms with E-state index in [1.54, 1.807) is 24.3 Å². The highest BCUT2D eigenvalue weighted by Gasteiger charge is 2.28. The predicted molar refractivity (Wildman–Crippen MR) is 114 cm³/mol. The van der Waals surface area contributed by atoms with Gasteiger partial charge < -0.3 is 10.1 Å². The number of anilines is 1. The Morgan fingerprint density at radius 3 is 2.40 bits per heavy atom. The van der Waals surface area contributed by atoms with Gasteiger partial charge in [-0.3, -0.25) is 4.79 Å². The van der Waals surface area contributed by atoms with Crippen LogP contribution in [0.5, 0.6) is 0 Å². The molecule has 0 aliphatic carbocycles. The maximum atomic E-state index is 12.9. The Morgan fingerprint density at radius 2 is 1.73 bits per heavy atom. The van der Waals surface area contributed by atoms with E-state index in [2.05, 4.69) is 5.32 Å². The van der Waals surface area contributed by atoms with Crippen molar-refractivity contribution in [1.82, 2.24) is 4.31 Å². The first-order valence-electron chi connectivity index (χ1n) is 9.65. The number of piperidine rings is 1. The molecular weight excluding hydrogens is 428 g/mol. The van der Waals surface area contributed by atoms with Crippen LogP contribution in [0.2, 0.25) is 5.02 Å². The normalized spacial score (nSPS) is 15.9. The molecule has 9 heteroatoms. The number of esters is 1. The molecule has 1 amide bonds. The summed E-state index contributed by atoms with van der Waals surface area (Å²) >= 11 is 6.11. The number of nitrogens with one attached hydrogen (secondary N) is 1. The molecule has 0 radical (unpaired) electrons. The Balaban J connectivity index is 1.74. The number of benzene rings is 2. The van der Waals surface area contributed by atoms with E-state index < -0.39 is 28.0 Å². The lowest BCUT2D eigenvalue weighted by molar-refractivity contribution is -0.123. The topological polar surface area (TPSA) is 92.8 Å². The molecule has 0 spiro atoms. The summed E-state index contributed by atoms with van der Waals surface area (Å²) in [6.45, 7) is 2.32. The van der Waals surface area contributed by atoms with Crippen LogP contribution in [0.3, 0.4) is 0 Å². The number of sulfonamides is 1. The van der Waals surface area contributed by atoms with Gasteiger partial charge in [0.25, 0.3) is 5.91 Å². The average molecular weight is 451 g/mol. The number of halogens is 1. The number of rotatable bonds is 6. The molecule has 0 saturated carbocycles. The zero-order chi connectivity index (χ0) is 21.7. The fourth-order valence-corrected chi connectivity index (χ4v) is 4.86. The number of para-hydroxylation sites is 1. The third-order valence-electron chi connectivity index (χ3n) is 4.80. The van der Waals surface area contributed by atoms with Gasteiger partial charge in [0.15, 0.2) is 6.10 Å². The van der Waals surface area contributed by atoms with Crippen molar-refractivity contribution in [3.8, 4) is 0 Å². The highest BCUT2D eigenvalue weighted by molar-refractivity contribution is 7.89. The summed E-state index contributed by atoms with van der Waals surface area (Å²) < 4.78 is 32.4. The van der Waals surface area contributed by atoms with Gasteiger partial charge in [-0.1, -0.05) is 36.2 Å². The number of ether oxygens (including phenoxy) is 1. The minimum absolute atomic E-state index is 0.0258. The first-order chi connectivity index (χ1) is 14.3. The molecule has 1 heterocycles. The van der Waals surface area contributed by atoms with Crippen LogP contribution >= 0.6 is 11.6 Å². The predicted octanol–water partition coefficient (Wildman–Crippen LogP) is 3.70. The molecule has 7 nitrogen and oxygen atoms in total. The Kier molecular flexibility index (Phi) is 7.12. The van der Waals surface area contributed by atoms with Gasteiger partial charge in [-0.2, -0.15) is 4.31 Å². The molecule has 3 rings (SSSR count). The number of carbonyl (C=O) groups is 2. The first kappa shape index (κ1) is 22.3. The van der Waals surface area contributed by atoms with Crippen molar-refractivity contribution in [3.63, 3.8) is 0 Å². The van der Waals surface area contributed by atoms with Gasteiger partial charge in [-0.15, -0.1) is 0 Å². The monoisotopic (exact) mass is 450 g/mol. The quantitative estimate of drug-likeness (QED) is 0.677. The van der Waals surface area contributed by atoms with Crippen molar-refractivity contribution in [2.24, 2.45) is 0 Å². The molecule has 1 N–H and O–H groups in total. The number of hydrogen-bond acceptors (Lipinski definition) is 5. The SMILES string of the molecule is C[C@H](OC(=O)c1cc(S(=O)(=O)N2CCCCC2)ccc1Cl)C(=O)Nc1ccccc1. The smallest absolute Gasteiger partial charge is 0.340 e. The van der Waals surface area contributed by atoms with Crippen LogP contribution in [0, 0.1) is 0 Å². The van der Waals surface area contributed by atoms with Crippen LogP contribution < -0.4 is 5.32 Å². The maximum Gasteiger partial charge on any atom is 0.340 e. The molecule has 1 aliphatic heterocycles. The van der Waals surface area contributed by atoms with E-state index >= 15 is 0 Å². The van der Waals surface area contributed by atoms with Crippen molar-refractivity contribution >= 4 is 39.2 Å². The summed E-state index contributed by atoms with van der Waals surface area (Å²) in [4.78, 5) is 24.8. The molecule has 30 heavy (non-hydrogen) atoms. The second-order valence-corrected chi connectivity index (χ2v) is 9.35. The molecule has 1 atom stereocenters. The third kappa shape index (κ3) is 5.19. The summed E-state index contributed by atoms with van der Waals surface area (Å²) in [5.74, 6) is -1.38. The lowest BCUT2D eigenvalue weighted by atomic mass is 10.2. The molecule has 0 unspecified atom stereocenters. The van der Waals surface area contributed by atoms with Gasteiger partial charge in [0, 0.05) is 18.8 Å². The summed E-state index contributed by atoms with van der Waals surface area (Å²) in [5, 5.41) is 2.69. The van der Waals surface area contributed by atoms with Crippen molar-refractivity contribution in [2.45, 2.75) is 37.2 Å². The number of carbonyl (C=O) groups excluding carboxylic acids is 2. The molecule has 1 saturated heterocycles. The number of nitrogens with zero attached hydrogens (tertiary/aromatic N) is 1. The van der Waals surface area contributed by atoms with Gasteiger partial charge in [-0.25, -0.2) is 13.2 Å². The highest BCUT2D eigenvalue weighted by Crippen LogP contribution is 2.26. The summed E-state index contributed by atoms with van der Waals surface area (Å²) in [5.41, 5.74) is 0.465. The molecule has 0 bridgehead atoms. The Hall–Kier alpha value is -2.42. The fourth-order valence-electron chi connectivity index (χ4n) is 3.12. The second-order valence-electron chi connectivity index (χ2n) is 7.01. The fraction of sp³-hybridized carbons (Fsp3) is 0.333. The largest absolute Gasteiger partial charge is 0.449 e. The van der Waals surface area contributed by atoms with Gasteiger partial charge in [0.05, 0.1) is 15.5 Å². The first-order valence-corrected chi connectivity index (χ1v) is 11.5. The molecule has 1 fully saturated rings. The van der Waals surface area contributed by atoms with E-state index in [1.807, 2.05) is 6.07 Å². The molecule has 160 valence electrons. The molecule has 2 aromatic carbocycles. The van der Waals surface area contributed by atoms with E-state index in [1.165, 1.54) is 29.4 Å². The van der Waals surface area contributed by atoms with E-state index in [-0.39, 0.29) is 15.5 Å². The van der Waals surface area contributed by atoms with Crippen LogP contribution in [0.1, 0.15) is 36.5 Å². The molecule has 2 aromatic rings.